The van der Waals surface area contributed by atoms with Crippen molar-refractivity contribution in [3.05, 3.63) is 89.0 Å². The molecule has 5 rings (SSSR count). The van der Waals surface area contributed by atoms with E-state index >= 15 is 0 Å². The van der Waals surface area contributed by atoms with Crippen LogP contribution in [0.1, 0.15) is 28.2 Å². The molecule has 0 unspecified atom stereocenters. The van der Waals surface area contributed by atoms with E-state index in [0.717, 1.165) is 6.42 Å². The molecule has 0 bridgehead atoms. The number of halogens is 2. The van der Waals surface area contributed by atoms with E-state index in [-0.39, 0.29) is 0 Å². The van der Waals surface area contributed by atoms with Crippen LogP contribution in [0.15, 0.2) is 66.7 Å². The zero-order valence-electron chi connectivity index (χ0n) is 13.9. The number of rotatable bonds is 1. The number of fused-ring (bicyclic) bond motifs is 1. The van der Waals surface area contributed by atoms with Crippen LogP contribution in [0.3, 0.4) is 0 Å². The molecule has 0 aliphatic heterocycles. The molecule has 0 N–H and O–H groups in total. The summed E-state index contributed by atoms with van der Waals surface area (Å²) in [6.07, 6.45) is 1.13. The van der Waals surface area contributed by atoms with E-state index in [9.17, 15) is 0 Å². The van der Waals surface area contributed by atoms with E-state index in [2.05, 4.69) is 73.7 Å². The number of hydrogen-bond acceptors (Lipinski definition) is 0. The Kier molecular flexibility index (Phi) is 5.09. The average molecular weight is 444 g/mol. The third-order valence-electron chi connectivity index (χ3n) is 5.13. The molecule has 4 aromatic carbocycles. The molecule has 1 aliphatic carbocycles. The predicted octanol–water partition coefficient (Wildman–Crippen LogP) is 7.08. The summed E-state index contributed by atoms with van der Waals surface area (Å²) in [5.41, 5.74) is 5.84. The van der Waals surface area contributed by atoms with Crippen molar-refractivity contribution >= 4 is 38.6 Å². The molecule has 124 valence electrons. The fraction of sp³-hybridized carbons (Fsp3) is 0.136. The standard InChI is InChI=1S/C22H17.2ClH.Zr/c1-14-11-16-7-4-9-18(20(16)12-14)21-13-17-8-2-5-15-6-3-10-19(21)22(15)17;;;/h2-12,21H,13H2,1H3;2*1H;/q-1;;;+2/p-2/t21-;;;/m0.../s1. The normalized spacial score (nSPS) is 15.2. The summed E-state index contributed by atoms with van der Waals surface area (Å²) in [7, 11) is 9.87. The maximum atomic E-state index is 4.93. The Bertz CT molecular complexity index is 1040. The van der Waals surface area contributed by atoms with Gasteiger partial charge in [-0.15, -0.1) is 34.5 Å². The van der Waals surface area contributed by atoms with Crippen LogP contribution in [0.25, 0.3) is 21.5 Å². The minimum atomic E-state index is -0.826. The Labute approximate surface area is 166 Å². The second kappa shape index (κ2) is 7.31. The fourth-order valence-corrected chi connectivity index (χ4v) is 4.23. The molecule has 0 saturated carbocycles. The van der Waals surface area contributed by atoms with Crippen LogP contribution in [0.5, 0.6) is 0 Å². The molecular formula is C22H17Cl2Zr-. The van der Waals surface area contributed by atoms with Gasteiger partial charge in [0, 0.05) is 5.92 Å². The molecule has 4 aromatic rings. The zero-order chi connectivity index (χ0) is 17.4. The van der Waals surface area contributed by atoms with Crippen molar-refractivity contribution in [2.24, 2.45) is 0 Å². The molecule has 0 amide bonds. The summed E-state index contributed by atoms with van der Waals surface area (Å²) in [5.74, 6) is 0.492. The monoisotopic (exact) mass is 441 g/mol. The van der Waals surface area contributed by atoms with Crippen molar-refractivity contribution in [1.29, 1.82) is 0 Å². The summed E-state index contributed by atoms with van der Waals surface area (Å²) in [4.78, 5) is 0. The molecule has 1 atom stereocenters. The predicted molar refractivity (Wildman–Crippen MR) is 105 cm³/mol. The van der Waals surface area contributed by atoms with Crippen LogP contribution in [-0.4, -0.2) is 0 Å². The van der Waals surface area contributed by atoms with E-state index in [4.69, 9.17) is 17.0 Å². The topological polar surface area (TPSA) is 0 Å². The second-order valence-corrected chi connectivity index (χ2v) is 10.3. The van der Waals surface area contributed by atoms with Crippen LogP contribution in [-0.2, 0) is 27.3 Å². The Hall–Kier alpha value is -1.01. The molecule has 25 heavy (non-hydrogen) atoms. The third-order valence-corrected chi connectivity index (χ3v) is 5.13. The Morgan fingerprint density at radius 2 is 1.64 bits per heavy atom. The van der Waals surface area contributed by atoms with Crippen LogP contribution in [0.2, 0.25) is 0 Å². The zero-order valence-corrected chi connectivity index (χ0v) is 17.9. The molecule has 0 saturated heterocycles. The Morgan fingerprint density at radius 1 is 0.960 bits per heavy atom. The SMILES string of the molecule is Cc1cc2c([C@@H]3Cc4cccc5cccc3c45)cccc2[cH-]1.[Cl][Zr][Cl]. The van der Waals surface area contributed by atoms with Crippen LogP contribution in [0, 0.1) is 6.92 Å². The van der Waals surface area contributed by atoms with Gasteiger partial charge in [0.05, 0.1) is 0 Å². The Morgan fingerprint density at radius 3 is 2.44 bits per heavy atom. The van der Waals surface area contributed by atoms with Crippen molar-refractivity contribution in [2.45, 2.75) is 19.3 Å². The van der Waals surface area contributed by atoms with E-state index in [0.29, 0.717) is 5.92 Å². The van der Waals surface area contributed by atoms with Gasteiger partial charge < -0.3 is 0 Å². The van der Waals surface area contributed by atoms with E-state index in [1.807, 2.05) is 0 Å². The van der Waals surface area contributed by atoms with Gasteiger partial charge in [-0.05, 0) is 28.3 Å². The number of hydrogen-bond donors (Lipinski definition) is 0. The molecular weight excluding hydrogens is 426 g/mol. The molecule has 0 heterocycles. The first-order chi connectivity index (χ1) is 12.2. The first-order valence-corrected chi connectivity index (χ1v) is 14.7. The van der Waals surface area contributed by atoms with Crippen molar-refractivity contribution < 1.29 is 20.8 Å². The number of benzene rings is 3. The summed E-state index contributed by atoms with van der Waals surface area (Å²) in [6, 6.07) is 24.9. The van der Waals surface area contributed by atoms with Crippen LogP contribution >= 0.6 is 17.0 Å². The maximum absolute atomic E-state index is 4.93. The van der Waals surface area contributed by atoms with E-state index in [1.165, 1.54) is 43.8 Å². The molecule has 3 heteroatoms. The molecule has 1 aliphatic rings. The van der Waals surface area contributed by atoms with Crippen molar-refractivity contribution in [2.75, 3.05) is 0 Å². The minimum absolute atomic E-state index is 0.492. The van der Waals surface area contributed by atoms with Crippen LogP contribution < -0.4 is 0 Å². The van der Waals surface area contributed by atoms with Crippen LogP contribution in [0.4, 0.5) is 0 Å². The first kappa shape index (κ1) is 17.4. The summed E-state index contributed by atoms with van der Waals surface area (Å²) < 4.78 is 0. The summed E-state index contributed by atoms with van der Waals surface area (Å²) >= 11 is -0.826. The van der Waals surface area contributed by atoms with Gasteiger partial charge in [0.25, 0.3) is 0 Å². The van der Waals surface area contributed by atoms with Gasteiger partial charge in [-0.1, -0.05) is 55.0 Å². The quantitative estimate of drug-likeness (QED) is 0.276. The van der Waals surface area contributed by atoms with Gasteiger partial charge >= 0.3 is 37.9 Å². The van der Waals surface area contributed by atoms with Gasteiger partial charge in [0.1, 0.15) is 0 Å². The van der Waals surface area contributed by atoms with Gasteiger partial charge in [-0.25, -0.2) is 0 Å². The second-order valence-electron chi connectivity index (χ2n) is 6.57. The third kappa shape index (κ3) is 3.12. The van der Waals surface area contributed by atoms with Gasteiger partial charge in [0.2, 0.25) is 0 Å². The van der Waals surface area contributed by atoms with Gasteiger partial charge in [-0.3, -0.25) is 0 Å². The fourth-order valence-electron chi connectivity index (χ4n) is 4.23. The van der Waals surface area contributed by atoms with Gasteiger partial charge in [0.15, 0.2) is 0 Å². The summed E-state index contributed by atoms with van der Waals surface area (Å²) in [6.45, 7) is 2.19. The first-order valence-electron chi connectivity index (χ1n) is 8.35. The molecule has 0 aromatic heterocycles. The molecule has 0 spiro atoms. The van der Waals surface area contributed by atoms with Gasteiger partial charge in [-0.2, -0.15) is 6.07 Å². The van der Waals surface area contributed by atoms with E-state index in [1.54, 1.807) is 0 Å². The molecule has 0 fully saturated rings. The van der Waals surface area contributed by atoms with Crippen molar-refractivity contribution in [3.8, 4) is 0 Å². The van der Waals surface area contributed by atoms with Crippen molar-refractivity contribution in [1.82, 2.24) is 0 Å². The van der Waals surface area contributed by atoms with E-state index < -0.39 is 20.8 Å². The molecule has 0 nitrogen and oxygen atoms in total. The Balaban J connectivity index is 0.000000490. The average Bonchev–Trinajstić information content (AvgIpc) is 3.17. The number of aryl methyl sites for hydroxylation is 1. The molecule has 0 radical (unpaired) electrons. The summed E-state index contributed by atoms with van der Waals surface area (Å²) in [5, 5.41) is 5.66. The van der Waals surface area contributed by atoms with Crippen molar-refractivity contribution in [3.63, 3.8) is 0 Å².